The predicted octanol–water partition coefficient (Wildman–Crippen LogP) is 19.7. The van der Waals surface area contributed by atoms with Crippen molar-refractivity contribution in [2.24, 2.45) is 0 Å². The van der Waals surface area contributed by atoms with Crippen LogP contribution >= 0.6 is 0 Å². The van der Waals surface area contributed by atoms with Gasteiger partial charge in [0.1, 0.15) is 11.2 Å². The topological polar surface area (TPSA) is 16.4 Å². The lowest BCUT2D eigenvalue weighted by molar-refractivity contribution is 0.670. The van der Waals surface area contributed by atoms with E-state index in [0.717, 1.165) is 66.8 Å². The molecule has 13 aromatic rings. The van der Waals surface area contributed by atoms with Crippen molar-refractivity contribution in [3.63, 3.8) is 0 Å². The summed E-state index contributed by atoms with van der Waals surface area (Å²) in [6.07, 6.45) is 0. The minimum absolute atomic E-state index is 0.466. The van der Waals surface area contributed by atoms with Crippen molar-refractivity contribution in [3.05, 3.63) is 307 Å². The van der Waals surface area contributed by atoms with Gasteiger partial charge in [-0.3, -0.25) is 0 Å². The summed E-state index contributed by atoms with van der Waals surface area (Å²) in [7, 11) is 0. The van der Waals surface area contributed by atoms with E-state index in [0.29, 0.717) is 0 Å². The maximum absolute atomic E-state index is 6.59. The molecule has 1 spiro atoms. The lowest BCUT2D eigenvalue weighted by Gasteiger charge is -2.32. The van der Waals surface area contributed by atoms with Crippen LogP contribution in [0.4, 0.5) is 17.1 Å². The molecular weight excluding hydrogens is 907 g/mol. The first-order valence-electron chi connectivity index (χ1n) is 25.9. The van der Waals surface area contributed by atoms with Crippen LogP contribution in [-0.4, -0.2) is 0 Å². The molecule has 0 amide bonds. The smallest absolute Gasteiger partial charge is 0.143 e. The summed E-state index contributed by atoms with van der Waals surface area (Å²) < 4.78 is 6.59. The van der Waals surface area contributed by atoms with E-state index in [9.17, 15) is 0 Å². The molecule has 1 heterocycles. The van der Waals surface area contributed by atoms with E-state index in [1.54, 1.807) is 0 Å². The fraction of sp³-hybridized carbons (Fsp3) is 0.0137. The summed E-state index contributed by atoms with van der Waals surface area (Å²) >= 11 is 0. The Kier molecular flexibility index (Phi) is 9.83. The van der Waals surface area contributed by atoms with Crippen LogP contribution in [-0.2, 0) is 5.41 Å². The fourth-order valence-corrected chi connectivity index (χ4v) is 12.7. The highest BCUT2D eigenvalue weighted by molar-refractivity contribution is 6.11. The number of rotatable bonds is 8. The third-order valence-electron chi connectivity index (χ3n) is 15.9. The number of para-hydroxylation sites is 1. The van der Waals surface area contributed by atoms with E-state index in [4.69, 9.17) is 4.42 Å². The van der Waals surface area contributed by atoms with Crippen molar-refractivity contribution in [1.29, 1.82) is 0 Å². The second-order valence-corrected chi connectivity index (χ2v) is 19.8. The molecule has 2 aliphatic rings. The van der Waals surface area contributed by atoms with Crippen LogP contribution < -0.4 is 4.90 Å². The number of hydrogen-bond acceptors (Lipinski definition) is 2. The van der Waals surface area contributed by atoms with E-state index in [1.165, 1.54) is 72.3 Å². The summed E-state index contributed by atoms with van der Waals surface area (Å²) in [4.78, 5) is 2.48. The zero-order valence-corrected chi connectivity index (χ0v) is 41.0. The second kappa shape index (κ2) is 17.2. The van der Waals surface area contributed by atoms with Gasteiger partial charge in [0.05, 0.1) is 11.1 Å². The molecule has 2 nitrogen and oxygen atoms in total. The molecule has 0 N–H and O–H groups in total. The van der Waals surface area contributed by atoms with Crippen molar-refractivity contribution >= 4 is 39.0 Å². The zero-order chi connectivity index (χ0) is 49.5. The fourth-order valence-electron chi connectivity index (χ4n) is 12.7. The van der Waals surface area contributed by atoms with Crippen molar-refractivity contribution in [2.45, 2.75) is 5.41 Å². The Morgan fingerprint density at radius 2 is 0.693 bits per heavy atom. The Morgan fingerprint density at radius 1 is 0.267 bits per heavy atom. The molecule has 0 aliphatic heterocycles. The minimum atomic E-state index is -0.466. The molecule has 2 heteroatoms. The number of nitrogens with zero attached hydrogens (tertiary/aromatic N) is 1. The Morgan fingerprint density at radius 3 is 1.29 bits per heavy atom. The number of furan rings is 1. The zero-order valence-electron chi connectivity index (χ0n) is 41.0. The molecule has 350 valence electrons. The Bertz CT molecular complexity index is 4290. The van der Waals surface area contributed by atoms with Gasteiger partial charge in [0.15, 0.2) is 0 Å². The summed E-state index contributed by atoms with van der Waals surface area (Å²) in [6, 6.07) is 104. The first kappa shape index (κ1) is 42.9. The largest absolute Gasteiger partial charge is 0.455 e. The summed E-state index contributed by atoms with van der Waals surface area (Å²) in [5.74, 6) is 0. The average Bonchev–Trinajstić information content (AvgIpc) is 4.22. The number of hydrogen-bond donors (Lipinski definition) is 0. The highest BCUT2D eigenvalue weighted by Crippen LogP contribution is 2.64. The lowest BCUT2D eigenvalue weighted by Crippen LogP contribution is -2.26. The molecule has 0 unspecified atom stereocenters. The predicted molar refractivity (Wildman–Crippen MR) is 312 cm³/mol. The number of fused-ring (bicyclic) bond motifs is 13. The first-order valence-corrected chi connectivity index (χ1v) is 25.9. The van der Waals surface area contributed by atoms with Crippen LogP contribution in [0.2, 0.25) is 0 Å². The SMILES string of the molecule is c1ccc(-c2ccccc2-c2ccccc2-c2ccc(N(c3ccc(-c4ccc5oc6c(-c7ccccc7)cccc6c5c4)cc3)c3cccc4c3-c3ccccc3C43c4ccccc4-c4ccccc43)cc2)cc1. The van der Waals surface area contributed by atoms with Crippen LogP contribution in [0, 0.1) is 0 Å². The van der Waals surface area contributed by atoms with Gasteiger partial charge in [0.25, 0.3) is 0 Å². The lowest BCUT2D eigenvalue weighted by atomic mass is 9.70. The molecule has 0 saturated heterocycles. The van der Waals surface area contributed by atoms with Gasteiger partial charge in [0, 0.05) is 33.3 Å². The summed E-state index contributed by atoms with van der Waals surface area (Å²) in [5, 5.41) is 2.23. The van der Waals surface area contributed by atoms with Gasteiger partial charge in [-0.1, -0.05) is 243 Å². The van der Waals surface area contributed by atoms with Crippen LogP contribution in [0.3, 0.4) is 0 Å². The number of anilines is 3. The summed E-state index contributed by atoms with van der Waals surface area (Å²) in [5.41, 5.74) is 26.7. The molecule has 0 saturated carbocycles. The third-order valence-corrected chi connectivity index (χ3v) is 15.9. The van der Waals surface area contributed by atoms with E-state index < -0.39 is 5.41 Å². The van der Waals surface area contributed by atoms with Gasteiger partial charge >= 0.3 is 0 Å². The van der Waals surface area contributed by atoms with Gasteiger partial charge in [-0.25, -0.2) is 0 Å². The third kappa shape index (κ3) is 6.60. The quantitative estimate of drug-likeness (QED) is 0.151. The Labute approximate surface area is 436 Å². The van der Waals surface area contributed by atoms with E-state index in [1.807, 2.05) is 0 Å². The van der Waals surface area contributed by atoms with Crippen LogP contribution in [0.15, 0.2) is 290 Å². The van der Waals surface area contributed by atoms with Gasteiger partial charge in [-0.05, 0) is 131 Å². The molecule has 2 aliphatic carbocycles. The molecule has 75 heavy (non-hydrogen) atoms. The molecule has 0 radical (unpaired) electrons. The molecule has 12 aromatic carbocycles. The standard InChI is InChI=1S/C73H47NO/c1-3-19-49(20-4-1)55-23-7-9-25-58(55)59-26-10-8-24-56(59)51-39-44-54(45-40-51)74(53-42-37-48(38-43-53)52-41-46-70-64(47-52)62-31-17-30-57(72(62)75-70)50-21-5-2-6-22-50)69-36-18-35-68-71(69)63-29-13-16-34-67(63)73(68)65-32-14-11-27-60(65)61-28-12-15-33-66(61)73/h1-47H. The van der Waals surface area contributed by atoms with Gasteiger partial charge in [-0.15, -0.1) is 0 Å². The van der Waals surface area contributed by atoms with Gasteiger partial charge in [-0.2, -0.15) is 0 Å². The Balaban J connectivity index is 0.890. The van der Waals surface area contributed by atoms with Crippen LogP contribution in [0.1, 0.15) is 22.3 Å². The normalized spacial score (nSPS) is 12.6. The highest BCUT2D eigenvalue weighted by atomic mass is 16.3. The molecule has 0 bridgehead atoms. The molecule has 1 aromatic heterocycles. The maximum Gasteiger partial charge on any atom is 0.143 e. The van der Waals surface area contributed by atoms with Crippen molar-refractivity contribution in [2.75, 3.05) is 4.90 Å². The van der Waals surface area contributed by atoms with Gasteiger partial charge in [0.2, 0.25) is 0 Å². The first-order chi connectivity index (χ1) is 37.2. The van der Waals surface area contributed by atoms with Crippen molar-refractivity contribution in [1.82, 2.24) is 0 Å². The molecule has 0 atom stereocenters. The molecule has 15 rings (SSSR count). The van der Waals surface area contributed by atoms with Crippen LogP contribution in [0.25, 0.3) is 99.8 Å². The number of benzene rings is 12. The van der Waals surface area contributed by atoms with Crippen LogP contribution in [0.5, 0.6) is 0 Å². The highest BCUT2D eigenvalue weighted by Gasteiger charge is 2.52. The van der Waals surface area contributed by atoms with Crippen molar-refractivity contribution < 1.29 is 4.42 Å². The maximum atomic E-state index is 6.59. The van der Waals surface area contributed by atoms with Crippen molar-refractivity contribution in [3.8, 4) is 77.9 Å². The second-order valence-electron chi connectivity index (χ2n) is 19.8. The molecular formula is C73H47NO. The van der Waals surface area contributed by atoms with E-state index >= 15 is 0 Å². The average molecular weight is 954 g/mol. The Hall–Kier alpha value is -9.76. The van der Waals surface area contributed by atoms with E-state index in [-0.39, 0.29) is 0 Å². The monoisotopic (exact) mass is 953 g/mol. The summed E-state index contributed by atoms with van der Waals surface area (Å²) in [6.45, 7) is 0. The van der Waals surface area contributed by atoms with E-state index in [2.05, 4.69) is 290 Å². The minimum Gasteiger partial charge on any atom is -0.455 e. The molecule has 0 fully saturated rings. The van der Waals surface area contributed by atoms with Gasteiger partial charge < -0.3 is 9.32 Å².